The van der Waals surface area contributed by atoms with Gasteiger partial charge in [0.25, 0.3) is 0 Å². The van der Waals surface area contributed by atoms with Crippen LogP contribution < -0.4 is 29.6 Å². The summed E-state index contributed by atoms with van der Waals surface area (Å²) in [5.74, 6) is -1.73. The molecule has 0 saturated heterocycles. The van der Waals surface area contributed by atoms with E-state index in [0.29, 0.717) is 0 Å². The van der Waals surface area contributed by atoms with Gasteiger partial charge in [0.05, 0.1) is 0 Å². The summed E-state index contributed by atoms with van der Waals surface area (Å²) in [5, 5.41) is 14.3. The fourth-order valence-corrected chi connectivity index (χ4v) is 1.15. The van der Waals surface area contributed by atoms with E-state index in [4.69, 9.17) is 10.2 Å². The fourth-order valence-electron chi connectivity index (χ4n) is 0.509. The van der Waals surface area contributed by atoms with Crippen LogP contribution in [0.3, 0.4) is 0 Å². The van der Waals surface area contributed by atoms with Crippen LogP contribution in [0.4, 0.5) is 0 Å². The van der Waals surface area contributed by atoms with Crippen molar-refractivity contribution in [1.82, 2.24) is 0 Å². The zero-order valence-electron chi connectivity index (χ0n) is 6.43. The van der Waals surface area contributed by atoms with Crippen LogP contribution >= 0.6 is 0 Å². The summed E-state index contributed by atoms with van der Waals surface area (Å²) in [6, 6.07) is 0. The minimum absolute atomic E-state index is 0. The molecule has 0 aromatic carbocycles. The van der Waals surface area contributed by atoms with Gasteiger partial charge in [-0.15, -0.1) is 0 Å². The first-order valence-electron chi connectivity index (χ1n) is 2.68. The molecule has 0 aromatic heterocycles. The molecule has 0 rings (SSSR count). The average Bonchev–Trinajstić information content (AvgIpc) is 1.79. The van der Waals surface area contributed by atoms with Crippen LogP contribution in [0.25, 0.3) is 0 Å². The fraction of sp³-hybridized carbons (Fsp3) is 0.750. The van der Waals surface area contributed by atoms with Gasteiger partial charge in [0.15, 0.2) is 0 Å². The molecule has 0 bridgehead atoms. The molecule has 2 N–H and O–H groups in total. The van der Waals surface area contributed by atoms with E-state index in [1.807, 2.05) is 0 Å². The normalized spacial score (nSPS) is 13.2. The molecule has 0 saturated carbocycles. The van der Waals surface area contributed by atoms with Crippen molar-refractivity contribution in [3.63, 3.8) is 0 Å². The van der Waals surface area contributed by atoms with Gasteiger partial charge < -0.3 is 14.8 Å². The van der Waals surface area contributed by atoms with E-state index < -0.39 is 34.4 Å². The Bertz CT molecular complexity index is 234. The molecule has 0 fully saturated rings. The Labute approximate surface area is 91.6 Å². The molecule has 1 atom stereocenters. The Kier molecular flexibility index (Phi) is 7.29. The first-order valence-corrected chi connectivity index (χ1v) is 4.15. The molecular weight excluding hydrogens is 199 g/mol. The summed E-state index contributed by atoms with van der Waals surface area (Å²) in [6.45, 7) is -0.640. The van der Waals surface area contributed by atoms with Crippen LogP contribution in [-0.2, 0) is 14.9 Å². The predicted octanol–water partition coefficient (Wildman–Crippen LogP) is -4.63. The van der Waals surface area contributed by atoms with Crippen molar-refractivity contribution < 1.29 is 57.5 Å². The van der Waals surface area contributed by atoms with Crippen molar-refractivity contribution in [2.75, 3.05) is 6.61 Å². The second kappa shape index (κ2) is 5.90. The van der Waals surface area contributed by atoms with E-state index in [-0.39, 0.29) is 29.6 Å². The maximum atomic E-state index is 10.1. The minimum Gasteiger partial charge on any atom is -0.747 e. The van der Waals surface area contributed by atoms with Gasteiger partial charge in [-0.3, -0.25) is 4.79 Å². The molecule has 0 aliphatic rings. The number of aliphatic hydroxyl groups excluding tert-OH is 1. The maximum Gasteiger partial charge on any atom is 1.00 e. The smallest absolute Gasteiger partial charge is 0.747 e. The van der Waals surface area contributed by atoms with Gasteiger partial charge in [-0.05, 0) is 6.42 Å². The minimum atomic E-state index is -4.84. The molecule has 1 unspecified atom stereocenters. The molecule has 0 aliphatic carbocycles. The van der Waals surface area contributed by atoms with Gasteiger partial charge >= 0.3 is 35.5 Å². The van der Waals surface area contributed by atoms with Gasteiger partial charge in [-0.25, -0.2) is 8.42 Å². The summed E-state index contributed by atoms with van der Waals surface area (Å²) in [7, 11) is -4.84. The molecule has 0 aliphatic heterocycles. The van der Waals surface area contributed by atoms with Crippen molar-refractivity contribution in [2.45, 2.75) is 11.7 Å². The van der Waals surface area contributed by atoms with Crippen LogP contribution in [0.2, 0.25) is 0 Å². The number of hydrogen-bond donors (Lipinski definition) is 2. The largest absolute Gasteiger partial charge is 1.00 e. The summed E-state index contributed by atoms with van der Waals surface area (Å²) >= 11 is 0. The second-order valence-electron chi connectivity index (χ2n) is 1.83. The number of rotatable bonds is 4. The third-order valence-corrected chi connectivity index (χ3v) is 2.15. The van der Waals surface area contributed by atoms with Gasteiger partial charge in [-0.1, -0.05) is 0 Å². The molecule has 0 heterocycles. The van der Waals surface area contributed by atoms with Crippen molar-refractivity contribution >= 4 is 16.1 Å². The predicted molar refractivity (Wildman–Crippen MR) is 32.8 cm³/mol. The Morgan fingerprint density at radius 3 is 2.00 bits per heavy atom. The standard InChI is InChI=1S/C4H8O6S.Na/c5-2-1-3(4(6)7)11(8,9)10;/h3,5H,1-2H2,(H,6,7)(H,8,9,10);/q;+1/p-1. The van der Waals surface area contributed by atoms with Gasteiger partial charge in [-0.2, -0.15) is 0 Å². The molecule has 66 valence electrons. The van der Waals surface area contributed by atoms with Crippen LogP contribution in [0.15, 0.2) is 0 Å². The Balaban J connectivity index is 0. The first kappa shape index (κ1) is 14.8. The number of hydrogen-bond acceptors (Lipinski definition) is 5. The van der Waals surface area contributed by atoms with Gasteiger partial charge in [0, 0.05) is 6.61 Å². The van der Waals surface area contributed by atoms with Crippen molar-refractivity contribution in [1.29, 1.82) is 0 Å². The molecule has 0 amide bonds. The molecule has 0 radical (unpaired) electrons. The van der Waals surface area contributed by atoms with Crippen molar-refractivity contribution in [2.24, 2.45) is 0 Å². The zero-order chi connectivity index (χ0) is 9.07. The summed E-state index contributed by atoms with van der Waals surface area (Å²) in [5.41, 5.74) is 0. The number of carbonyl (C=O) groups is 1. The maximum absolute atomic E-state index is 10.1. The monoisotopic (exact) mass is 206 g/mol. The average molecular weight is 206 g/mol. The van der Waals surface area contributed by atoms with E-state index in [0.717, 1.165) is 0 Å². The summed E-state index contributed by atoms with van der Waals surface area (Å²) in [4.78, 5) is 10.0. The van der Waals surface area contributed by atoms with E-state index >= 15 is 0 Å². The van der Waals surface area contributed by atoms with E-state index in [2.05, 4.69) is 0 Å². The summed E-state index contributed by atoms with van der Waals surface area (Å²) in [6.07, 6.45) is -0.568. The van der Waals surface area contributed by atoms with Crippen LogP contribution in [0.1, 0.15) is 6.42 Å². The number of aliphatic carboxylic acids is 1. The summed E-state index contributed by atoms with van der Waals surface area (Å²) < 4.78 is 30.3. The molecular formula is C4H7NaO6S. The Hall–Kier alpha value is 0.340. The third-order valence-electron chi connectivity index (χ3n) is 1.02. The van der Waals surface area contributed by atoms with Crippen LogP contribution in [-0.4, -0.2) is 41.0 Å². The molecule has 6 nitrogen and oxygen atoms in total. The first-order chi connectivity index (χ1) is 4.89. The van der Waals surface area contributed by atoms with E-state index in [1.165, 1.54) is 0 Å². The Morgan fingerprint density at radius 1 is 1.50 bits per heavy atom. The molecule has 8 heteroatoms. The molecule has 12 heavy (non-hydrogen) atoms. The van der Waals surface area contributed by atoms with Crippen LogP contribution in [0, 0.1) is 0 Å². The van der Waals surface area contributed by atoms with E-state index in [9.17, 15) is 17.8 Å². The van der Waals surface area contributed by atoms with Gasteiger partial charge in [0.1, 0.15) is 15.4 Å². The Morgan fingerprint density at radius 2 is 1.92 bits per heavy atom. The van der Waals surface area contributed by atoms with Gasteiger partial charge in [0.2, 0.25) is 0 Å². The number of carboxylic acids is 1. The molecule has 0 aromatic rings. The van der Waals surface area contributed by atoms with Crippen molar-refractivity contribution in [3.05, 3.63) is 0 Å². The number of carboxylic acid groups (broad SMARTS) is 1. The number of aliphatic hydroxyl groups is 1. The van der Waals surface area contributed by atoms with E-state index in [1.54, 1.807) is 0 Å². The third kappa shape index (κ3) is 5.07. The SMILES string of the molecule is O=C(O)C(CCO)S(=O)(=O)[O-].[Na+]. The van der Waals surface area contributed by atoms with Crippen LogP contribution in [0.5, 0.6) is 0 Å². The molecule has 0 spiro atoms. The quantitative estimate of drug-likeness (QED) is 0.353. The zero-order valence-corrected chi connectivity index (χ0v) is 9.24. The second-order valence-corrected chi connectivity index (χ2v) is 3.39. The van der Waals surface area contributed by atoms with Crippen molar-refractivity contribution in [3.8, 4) is 0 Å². The topological polar surface area (TPSA) is 115 Å².